The first-order valence-electron chi connectivity index (χ1n) is 6.24. The third-order valence-electron chi connectivity index (χ3n) is 3.13. The second kappa shape index (κ2) is 5.59. The highest BCUT2D eigenvalue weighted by Gasteiger charge is 2.32. The molecule has 2 aromatic rings. The molecule has 7 heteroatoms. The van der Waals surface area contributed by atoms with Crippen molar-refractivity contribution in [3.05, 3.63) is 29.5 Å². The molecule has 1 unspecified atom stereocenters. The van der Waals surface area contributed by atoms with Gasteiger partial charge in [-0.05, 0) is 24.3 Å². The number of rotatable bonds is 4. The van der Waals surface area contributed by atoms with Gasteiger partial charge in [-0.15, -0.1) is 11.3 Å². The van der Waals surface area contributed by atoms with Crippen LogP contribution in [-0.2, 0) is 0 Å². The van der Waals surface area contributed by atoms with Crippen LogP contribution in [0.25, 0.3) is 10.8 Å². The molecule has 0 aromatic carbocycles. The highest BCUT2D eigenvalue weighted by molar-refractivity contribution is 7.99. The predicted octanol–water partition coefficient (Wildman–Crippen LogP) is 2.00. The lowest BCUT2D eigenvalue weighted by Crippen LogP contribution is -2.43. The number of nitrogens with one attached hydrogen (secondary N) is 1. The quantitative estimate of drug-likeness (QED) is 0.903. The maximum Gasteiger partial charge on any atom is 0.270 e. The average Bonchev–Trinajstić information content (AvgIpc) is 3.16. The van der Waals surface area contributed by atoms with Crippen LogP contribution in [0, 0.1) is 0 Å². The molecule has 20 heavy (non-hydrogen) atoms. The largest absolute Gasteiger partial charge is 0.462 e. The van der Waals surface area contributed by atoms with Gasteiger partial charge in [-0.3, -0.25) is 4.79 Å². The Morgan fingerprint density at radius 3 is 3.20 bits per heavy atom. The maximum atomic E-state index is 12.0. The van der Waals surface area contributed by atoms with Crippen LogP contribution in [0.2, 0.25) is 0 Å². The zero-order chi connectivity index (χ0) is 14.0. The molecule has 0 radical (unpaired) electrons. The molecule has 2 N–H and O–H groups in total. The summed E-state index contributed by atoms with van der Waals surface area (Å²) in [5, 5.41) is 15.3. The maximum absolute atomic E-state index is 12.0. The van der Waals surface area contributed by atoms with Gasteiger partial charge in [0.15, 0.2) is 10.8 Å². The molecule has 1 saturated heterocycles. The number of thiazole rings is 1. The van der Waals surface area contributed by atoms with Gasteiger partial charge < -0.3 is 14.8 Å². The fourth-order valence-corrected chi connectivity index (χ4v) is 4.02. The van der Waals surface area contributed by atoms with Crippen molar-refractivity contribution in [1.82, 2.24) is 10.3 Å². The van der Waals surface area contributed by atoms with Crippen molar-refractivity contribution in [3.8, 4) is 10.8 Å². The summed E-state index contributed by atoms with van der Waals surface area (Å²) in [7, 11) is 0. The first kappa shape index (κ1) is 13.7. The number of amides is 1. The molecule has 1 atom stereocenters. The molecule has 2 aromatic heterocycles. The van der Waals surface area contributed by atoms with E-state index in [1.54, 1.807) is 35.5 Å². The summed E-state index contributed by atoms with van der Waals surface area (Å²) in [6, 6.07) is 3.59. The van der Waals surface area contributed by atoms with Crippen molar-refractivity contribution < 1.29 is 14.3 Å². The average molecular weight is 310 g/mol. The Hall–Kier alpha value is -1.31. The SMILES string of the molecule is O=C(NCC1(O)CCSC1)c1csc(-c2ccco2)n1. The minimum atomic E-state index is -0.778. The van der Waals surface area contributed by atoms with Gasteiger partial charge in [-0.1, -0.05) is 0 Å². The Bertz CT molecular complexity index is 589. The molecule has 0 bridgehead atoms. The fourth-order valence-electron chi connectivity index (χ4n) is 1.96. The van der Waals surface area contributed by atoms with Gasteiger partial charge in [-0.2, -0.15) is 11.8 Å². The van der Waals surface area contributed by atoms with E-state index in [1.807, 2.05) is 0 Å². The number of thioether (sulfide) groups is 1. The van der Waals surface area contributed by atoms with E-state index < -0.39 is 5.60 Å². The van der Waals surface area contributed by atoms with E-state index in [4.69, 9.17) is 4.42 Å². The topological polar surface area (TPSA) is 75.4 Å². The third-order valence-corrected chi connectivity index (χ3v) is 5.22. The molecule has 1 amide bonds. The molecule has 0 aliphatic carbocycles. The molecule has 1 fully saturated rings. The van der Waals surface area contributed by atoms with E-state index in [2.05, 4.69) is 10.3 Å². The molecule has 106 valence electrons. The number of nitrogens with zero attached hydrogens (tertiary/aromatic N) is 1. The van der Waals surface area contributed by atoms with E-state index in [0.29, 0.717) is 28.6 Å². The molecule has 1 aliphatic rings. The molecular formula is C13H14N2O3S2. The highest BCUT2D eigenvalue weighted by atomic mass is 32.2. The lowest BCUT2D eigenvalue weighted by atomic mass is 10.0. The van der Waals surface area contributed by atoms with E-state index in [9.17, 15) is 9.90 Å². The van der Waals surface area contributed by atoms with Crippen molar-refractivity contribution in [2.24, 2.45) is 0 Å². The Morgan fingerprint density at radius 1 is 1.60 bits per heavy atom. The molecule has 3 rings (SSSR count). The van der Waals surface area contributed by atoms with Crippen LogP contribution in [0.3, 0.4) is 0 Å². The van der Waals surface area contributed by atoms with Crippen molar-refractivity contribution in [1.29, 1.82) is 0 Å². The van der Waals surface area contributed by atoms with Gasteiger partial charge in [0.2, 0.25) is 0 Å². The number of carbonyl (C=O) groups is 1. The molecule has 1 aliphatic heterocycles. The summed E-state index contributed by atoms with van der Waals surface area (Å²) >= 11 is 3.06. The van der Waals surface area contributed by atoms with E-state index in [0.717, 1.165) is 5.75 Å². The normalized spacial score (nSPS) is 22.1. The Labute approximate surface area is 124 Å². The van der Waals surface area contributed by atoms with Gasteiger partial charge in [0, 0.05) is 17.7 Å². The van der Waals surface area contributed by atoms with E-state index in [-0.39, 0.29) is 12.5 Å². The zero-order valence-electron chi connectivity index (χ0n) is 10.7. The summed E-state index contributed by atoms with van der Waals surface area (Å²) in [6.07, 6.45) is 2.29. The van der Waals surface area contributed by atoms with Crippen molar-refractivity contribution >= 4 is 29.0 Å². The minimum absolute atomic E-state index is 0.260. The van der Waals surface area contributed by atoms with Crippen LogP contribution in [0.4, 0.5) is 0 Å². The summed E-state index contributed by atoms with van der Waals surface area (Å²) < 4.78 is 5.24. The third kappa shape index (κ3) is 2.89. The Morgan fingerprint density at radius 2 is 2.50 bits per heavy atom. The van der Waals surface area contributed by atoms with Crippen LogP contribution in [-0.4, -0.2) is 39.6 Å². The summed E-state index contributed by atoms with van der Waals surface area (Å²) in [4.78, 5) is 16.3. The number of carbonyl (C=O) groups excluding carboxylic acids is 1. The van der Waals surface area contributed by atoms with Crippen LogP contribution in [0.1, 0.15) is 16.9 Å². The van der Waals surface area contributed by atoms with Crippen molar-refractivity contribution in [2.45, 2.75) is 12.0 Å². The second-order valence-electron chi connectivity index (χ2n) is 4.72. The lowest BCUT2D eigenvalue weighted by molar-refractivity contribution is 0.0611. The highest BCUT2D eigenvalue weighted by Crippen LogP contribution is 2.27. The van der Waals surface area contributed by atoms with E-state index in [1.165, 1.54) is 11.3 Å². The lowest BCUT2D eigenvalue weighted by Gasteiger charge is -2.21. The number of hydrogen-bond donors (Lipinski definition) is 2. The number of aromatic nitrogens is 1. The first-order valence-corrected chi connectivity index (χ1v) is 8.27. The summed E-state index contributed by atoms with van der Waals surface area (Å²) in [5.41, 5.74) is -0.421. The van der Waals surface area contributed by atoms with Gasteiger partial charge in [0.05, 0.1) is 11.9 Å². The minimum Gasteiger partial charge on any atom is -0.462 e. The number of hydrogen-bond acceptors (Lipinski definition) is 6. The molecule has 0 spiro atoms. The predicted molar refractivity (Wildman–Crippen MR) is 79.0 cm³/mol. The fraction of sp³-hybridized carbons (Fsp3) is 0.385. The molecule has 0 saturated carbocycles. The molecule has 5 nitrogen and oxygen atoms in total. The van der Waals surface area contributed by atoms with E-state index >= 15 is 0 Å². The monoisotopic (exact) mass is 310 g/mol. The van der Waals surface area contributed by atoms with Gasteiger partial charge in [0.1, 0.15) is 5.69 Å². The Kier molecular flexibility index (Phi) is 3.82. The van der Waals surface area contributed by atoms with Crippen molar-refractivity contribution in [3.63, 3.8) is 0 Å². The standard InChI is InChI=1S/C13H14N2O3S2/c16-11(14-7-13(17)3-5-19-8-13)9-6-20-12(15-9)10-2-1-4-18-10/h1-2,4,6,17H,3,5,7-8H2,(H,14,16). The first-order chi connectivity index (χ1) is 9.66. The van der Waals surface area contributed by atoms with Crippen LogP contribution in [0.5, 0.6) is 0 Å². The van der Waals surface area contributed by atoms with Crippen LogP contribution in [0.15, 0.2) is 28.2 Å². The van der Waals surface area contributed by atoms with Gasteiger partial charge in [-0.25, -0.2) is 4.98 Å². The summed E-state index contributed by atoms with van der Waals surface area (Å²) in [5.74, 6) is 2.00. The zero-order valence-corrected chi connectivity index (χ0v) is 12.3. The second-order valence-corrected chi connectivity index (χ2v) is 6.69. The van der Waals surface area contributed by atoms with Crippen LogP contribution >= 0.6 is 23.1 Å². The van der Waals surface area contributed by atoms with Crippen molar-refractivity contribution in [2.75, 3.05) is 18.1 Å². The smallest absolute Gasteiger partial charge is 0.270 e. The van der Waals surface area contributed by atoms with Crippen LogP contribution < -0.4 is 5.32 Å². The summed E-state index contributed by atoms with van der Waals surface area (Å²) in [6.45, 7) is 0.270. The number of aliphatic hydroxyl groups is 1. The number of furan rings is 1. The Balaban J connectivity index is 1.63. The van der Waals surface area contributed by atoms with Gasteiger partial charge >= 0.3 is 0 Å². The molecule has 3 heterocycles. The molecular weight excluding hydrogens is 296 g/mol. The van der Waals surface area contributed by atoms with Gasteiger partial charge in [0.25, 0.3) is 5.91 Å².